The summed E-state index contributed by atoms with van der Waals surface area (Å²) < 4.78 is 27.0. The van der Waals surface area contributed by atoms with Crippen molar-refractivity contribution < 1.29 is 8.42 Å². The summed E-state index contributed by atoms with van der Waals surface area (Å²) in [6, 6.07) is 6.94. The monoisotopic (exact) mass is 335 g/mol. The van der Waals surface area contributed by atoms with E-state index in [0.29, 0.717) is 11.4 Å². The lowest BCUT2D eigenvalue weighted by Crippen LogP contribution is -2.24. The highest BCUT2D eigenvalue weighted by atomic mass is 32.2. The predicted octanol–water partition coefficient (Wildman–Crippen LogP) is 4.58. The first-order chi connectivity index (χ1) is 11.0. The minimum Gasteiger partial charge on any atom is -0.211 e. The van der Waals surface area contributed by atoms with Gasteiger partial charge in [0, 0.05) is 6.54 Å². The van der Waals surface area contributed by atoms with Crippen LogP contribution in [0.15, 0.2) is 41.3 Å². The summed E-state index contributed by atoms with van der Waals surface area (Å²) in [5, 5.41) is 0. The molecule has 0 aromatic heterocycles. The van der Waals surface area contributed by atoms with Gasteiger partial charge in [0.05, 0.1) is 4.90 Å². The van der Waals surface area contributed by atoms with E-state index in [1.807, 2.05) is 19.1 Å². The fraction of sp³-hybridized carbons (Fsp3) is 0.579. The van der Waals surface area contributed by atoms with Gasteiger partial charge in [0.1, 0.15) is 0 Å². The topological polar surface area (TPSA) is 46.2 Å². The Balaban J connectivity index is 1.69. The summed E-state index contributed by atoms with van der Waals surface area (Å²) in [4.78, 5) is 0.337. The van der Waals surface area contributed by atoms with Gasteiger partial charge in [-0.1, -0.05) is 62.0 Å². The van der Waals surface area contributed by atoms with Crippen molar-refractivity contribution in [1.29, 1.82) is 0 Å². The Kier molecular flexibility index (Phi) is 6.85. The van der Waals surface area contributed by atoms with Gasteiger partial charge in [-0.2, -0.15) is 0 Å². The zero-order valence-electron chi connectivity index (χ0n) is 14.2. The van der Waals surface area contributed by atoms with Gasteiger partial charge in [-0.3, -0.25) is 0 Å². The van der Waals surface area contributed by atoms with Crippen molar-refractivity contribution in [3.05, 3.63) is 42.0 Å². The van der Waals surface area contributed by atoms with Crippen LogP contribution in [0.3, 0.4) is 0 Å². The molecule has 1 saturated carbocycles. The minimum atomic E-state index is -3.38. The first kappa shape index (κ1) is 18.2. The number of sulfonamides is 1. The molecule has 1 aliphatic carbocycles. The molecule has 0 atom stereocenters. The third-order valence-electron chi connectivity index (χ3n) is 4.63. The number of aryl methyl sites for hydroxylation is 1. The van der Waals surface area contributed by atoms with Crippen LogP contribution in [-0.4, -0.2) is 15.0 Å². The summed E-state index contributed by atoms with van der Waals surface area (Å²) in [7, 11) is -3.38. The number of benzene rings is 1. The zero-order valence-corrected chi connectivity index (χ0v) is 15.0. The summed E-state index contributed by atoms with van der Waals surface area (Å²) in [6.07, 6.45) is 9.60. The van der Waals surface area contributed by atoms with Crippen LogP contribution in [0.5, 0.6) is 0 Å². The van der Waals surface area contributed by atoms with E-state index < -0.39 is 10.0 Å². The van der Waals surface area contributed by atoms with E-state index in [-0.39, 0.29) is 0 Å². The van der Waals surface area contributed by atoms with Crippen LogP contribution in [0.4, 0.5) is 0 Å². The Bertz CT molecular complexity index is 599. The molecule has 0 aliphatic heterocycles. The molecule has 4 heteroatoms. The van der Waals surface area contributed by atoms with Crippen molar-refractivity contribution in [2.24, 2.45) is 5.92 Å². The largest absolute Gasteiger partial charge is 0.240 e. The molecule has 128 valence electrons. The number of nitrogens with one attached hydrogen (secondary N) is 1. The fourth-order valence-electron chi connectivity index (χ4n) is 3.25. The molecule has 0 amide bonds. The van der Waals surface area contributed by atoms with Crippen LogP contribution >= 0.6 is 0 Å². The first-order valence-electron chi connectivity index (χ1n) is 8.70. The van der Waals surface area contributed by atoms with Crippen molar-refractivity contribution >= 4 is 10.0 Å². The number of allylic oxidation sites excluding steroid dienone is 1. The number of hydrogen-bond acceptors (Lipinski definition) is 2. The minimum absolute atomic E-state index is 0.337. The lowest BCUT2D eigenvalue weighted by atomic mass is 9.84. The van der Waals surface area contributed by atoms with Crippen LogP contribution in [0.25, 0.3) is 0 Å². The second-order valence-electron chi connectivity index (χ2n) is 6.77. The van der Waals surface area contributed by atoms with Crippen molar-refractivity contribution in [3.8, 4) is 0 Å². The standard InChI is InChI=1S/C19H29NO2S/c1-16-10-12-19(13-11-16)23(21,22)20-14-6-7-17(2)15-18-8-4-3-5-9-18/h10-13,18,20H,2-9,14-15H2,1H3. The fourth-order valence-corrected chi connectivity index (χ4v) is 4.32. The van der Waals surface area contributed by atoms with Gasteiger partial charge in [0.2, 0.25) is 10.0 Å². The Morgan fingerprint density at radius 2 is 1.83 bits per heavy atom. The number of rotatable bonds is 8. The molecule has 0 bridgehead atoms. The van der Waals surface area contributed by atoms with Crippen LogP contribution in [0, 0.1) is 12.8 Å². The quantitative estimate of drug-likeness (QED) is 0.558. The molecule has 3 nitrogen and oxygen atoms in total. The SMILES string of the molecule is C=C(CCCNS(=O)(=O)c1ccc(C)cc1)CC1CCCCC1. The second kappa shape index (κ2) is 8.65. The van der Waals surface area contributed by atoms with Gasteiger partial charge in [0.15, 0.2) is 0 Å². The average Bonchev–Trinajstić information content (AvgIpc) is 2.53. The lowest BCUT2D eigenvalue weighted by Gasteiger charge is -2.22. The summed E-state index contributed by atoms with van der Waals surface area (Å²) >= 11 is 0. The van der Waals surface area contributed by atoms with Crippen molar-refractivity contribution in [1.82, 2.24) is 4.72 Å². The van der Waals surface area contributed by atoms with Gasteiger partial charge >= 0.3 is 0 Å². The van der Waals surface area contributed by atoms with Crippen molar-refractivity contribution in [2.75, 3.05) is 6.54 Å². The maximum Gasteiger partial charge on any atom is 0.240 e. The lowest BCUT2D eigenvalue weighted by molar-refractivity contribution is 0.353. The van der Waals surface area contributed by atoms with Crippen molar-refractivity contribution in [2.45, 2.75) is 63.2 Å². The molecule has 0 spiro atoms. The third-order valence-corrected chi connectivity index (χ3v) is 6.11. The van der Waals surface area contributed by atoms with E-state index in [0.717, 1.165) is 30.7 Å². The molecule has 0 radical (unpaired) electrons. The highest BCUT2D eigenvalue weighted by Crippen LogP contribution is 2.29. The average molecular weight is 336 g/mol. The summed E-state index contributed by atoms with van der Waals surface area (Å²) in [5.74, 6) is 0.806. The molecule has 0 heterocycles. The third kappa shape index (κ3) is 6.11. The highest BCUT2D eigenvalue weighted by Gasteiger charge is 2.15. The van der Waals surface area contributed by atoms with E-state index in [9.17, 15) is 8.42 Å². The molecule has 1 N–H and O–H groups in total. The second-order valence-corrected chi connectivity index (χ2v) is 8.54. The van der Waals surface area contributed by atoms with Crippen molar-refractivity contribution in [3.63, 3.8) is 0 Å². The highest BCUT2D eigenvalue weighted by molar-refractivity contribution is 7.89. The number of hydrogen-bond donors (Lipinski definition) is 1. The molecular formula is C19H29NO2S. The smallest absolute Gasteiger partial charge is 0.211 e. The van der Waals surface area contributed by atoms with Gasteiger partial charge in [0.25, 0.3) is 0 Å². The molecular weight excluding hydrogens is 306 g/mol. The maximum absolute atomic E-state index is 12.2. The Hall–Kier alpha value is -1.13. The summed E-state index contributed by atoms with van der Waals surface area (Å²) in [5.41, 5.74) is 2.33. The molecule has 23 heavy (non-hydrogen) atoms. The van der Waals surface area contributed by atoms with E-state index >= 15 is 0 Å². The zero-order chi connectivity index (χ0) is 16.7. The predicted molar refractivity (Wildman–Crippen MR) is 95.9 cm³/mol. The first-order valence-corrected chi connectivity index (χ1v) is 10.2. The van der Waals surface area contributed by atoms with E-state index in [4.69, 9.17) is 0 Å². The Labute approximate surface area is 141 Å². The van der Waals surface area contributed by atoms with E-state index in [2.05, 4.69) is 11.3 Å². The van der Waals surface area contributed by atoms with E-state index in [1.165, 1.54) is 37.7 Å². The Morgan fingerprint density at radius 3 is 2.48 bits per heavy atom. The maximum atomic E-state index is 12.2. The van der Waals surface area contributed by atoms with Crippen LogP contribution in [0.2, 0.25) is 0 Å². The van der Waals surface area contributed by atoms with Gasteiger partial charge in [-0.25, -0.2) is 13.1 Å². The van der Waals surface area contributed by atoms with Crippen LogP contribution in [-0.2, 0) is 10.0 Å². The van der Waals surface area contributed by atoms with Gasteiger partial charge in [-0.05, 0) is 44.2 Å². The molecule has 0 saturated heterocycles. The normalized spacial score (nSPS) is 16.4. The molecule has 1 aliphatic rings. The van der Waals surface area contributed by atoms with Crippen LogP contribution in [0.1, 0.15) is 56.9 Å². The molecule has 1 aromatic carbocycles. The molecule has 1 aromatic rings. The molecule has 2 rings (SSSR count). The molecule has 1 fully saturated rings. The van der Waals surface area contributed by atoms with Crippen LogP contribution < -0.4 is 4.72 Å². The van der Waals surface area contributed by atoms with Gasteiger partial charge in [-0.15, -0.1) is 0 Å². The van der Waals surface area contributed by atoms with E-state index in [1.54, 1.807) is 12.1 Å². The molecule has 0 unspecified atom stereocenters. The summed E-state index contributed by atoms with van der Waals surface area (Å²) in [6.45, 7) is 6.59. The van der Waals surface area contributed by atoms with Gasteiger partial charge < -0.3 is 0 Å². The Morgan fingerprint density at radius 1 is 1.17 bits per heavy atom.